The van der Waals surface area contributed by atoms with E-state index in [0.717, 1.165) is 16.5 Å². The maximum absolute atomic E-state index is 10.7. The molecule has 3 aromatic rings. The van der Waals surface area contributed by atoms with Crippen molar-refractivity contribution in [2.45, 2.75) is 0 Å². The van der Waals surface area contributed by atoms with E-state index in [1.807, 2.05) is 66.8 Å². The summed E-state index contributed by atoms with van der Waals surface area (Å²) in [6.07, 6.45) is 9.88. The molecule has 30 heavy (non-hydrogen) atoms. The molecule has 0 atom stereocenters. The van der Waals surface area contributed by atoms with Gasteiger partial charge in [-0.1, -0.05) is 109 Å². The first-order valence-corrected chi connectivity index (χ1v) is 11.2. The molecule has 0 aromatic heterocycles. The van der Waals surface area contributed by atoms with Crippen LogP contribution in [0.3, 0.4) is 0 Å². The van der Waals surface area contributed by atoms with E-state index in [1.165, 1.54) is 10.6 Å². The predicted octanol–water partition coefficient (Wildman–Crippen LogP) is 6.07. The molecule has 0 heterocycles. The van der Waals surface area contributed by atoms with Gasteiger partial charge in [-0.3, -0.25) is 0 Å². The van der Waals surface area contributed by atoms with E-state index < -0.39 is 7.92 Å². The Balaban J connectivity index is 1.57. The van der Waals surface area contributed by atoms with Crippen molar-refractivity contribution in [2.75, 3.05) is 6.61 Å². The van der Waals surface area contributed by atoms with E-state index in [-0.39, 0.29) is 5.95 Å². The van der Waals surface area contributed by atoms with Crippen LogP contribution in [-0.2, 0) is 4.74 Å². The van der Waals surface area contributed by atoms with Crippen LogP contribution in [0.1, 0.15) is 5.56 Å². The number of aliphatic hydroxyl groups excluding tert-OH is 1. The highest BCUT2D eigenvalue weighted by Gasteiger charge is 2.25. The van der Waals surface area contributed by atoms with Crippen LogP contribution in [0.2, 0.25) is 0 Å². The van der Waals surface area contributed by atoms with E-state index in [4.69, 9.17) is 4.74 Å². The molecule has 0 radical (unpaired) electrons. The topological polar surface area (TPSA) is 29.5 Å². The zero-order chi connectivity index (χ0) is 20.6. The number of ether oxygens (including phenoxy) is 1. The molecule has 1 aliphatic rings. The van der Waals surface area contributed by atoms with Gasteiger partial charge in [0.15, 0.2) is 0 Å². The van der Waals surface area contributed by atoms with Gasteiger partial charge in [-0.05, 0) is 41.6 Å². The number of hydrogen-bond acceptors (Lipinski definition) is 2. The second kappa shape index (κ2) is 9.91. The summed E-state index contributed by atoms with van der Waals surface area (Å²) < 4.78 is 5.67. The van der Waals surface area contributed by atoms with Gasteiger partial charge in [0.25, 0.3) is 5.95 Å². The summed E-state index contributed by atoms with van der Waals surface area (Å²) in [5, 5.41) is 14.3. The van der Waals surface area contributed by atoms with Gasteiger partial charge < -0.3 is 9.84 Å². The van der Waals surface area contributed by atoms with Crippen molar-refractivity contribution in [1.82, 2.24) is 0 Å². The minimum absolute atomic E-state index is 0.0351. The quantitative estimate of drug-likeness (QED) is 0.378. The number of rotatable bonds is 7. The maximum atomic E-state index is 10.7. The van der Waals surface area contributed by atoms with Crippen LogP contribution in [0.25, 0.3) is 6.08 Å². The molecular weight excluding hydrogens is 387 g/mol. The lowest BCUT2D eigenvalue weighted by Gasteiger charge is -2.21. The van der Waals surface area contributed by atoms with Gasteiger partial charge >= 0.3 is 0 Å². The number of hydrogen-bond donors (Lipinski definition) is 1. The Morgan fingerprint density at radius 1 is 0.800 bits per heavy atom. The summed E-state index contributed by atoms with van der Waals surface area (Å²) in [6.45, 7) is 0.306. The minimum atomic E-state index is -0.796. The van der Waals surface area contributed by atoms with Gasteiger partial charge in [-0.25, -0.2) is 0 Å². The van der Waals surface area contributed by atoms with E-state index in [1.54, 1.807) is 0 Å². The van der Waals surface area contributed by atoms with Crippen molar-refractivity contribution in [2.24, 2.45) is 0 Å². The van der Waals surface area contributed by atoms with E-state index in [2.05, 4.69) is 54.6 Å². The molecule has 0 saturated carbocycles. The third-order valence-electron chi connectivity index (χ3n) is 4.72. The zero-order valence-electron chi connectivity index (χ0n) is 16.6. The molecule has 0 bridgehead atoms. The van der Waals surface area contributed by atoms with Crippen LogP contribution in [0.15, 0.2) is 132 Å². The van der Waals surface area contributed by atoms with Crippen LogP contribution in [-0.4, -0.2) is 11.7 Å². The Labute approximate surface area is 178 Å². The molecule has 4 rings (SSSR count). The molecule has 0 fully saturated rings. The van der Waals surface area contributed by atoms with Crippen molar-refractivity contribution >= 4 is 24.6 Å². The monoisotopic (exact) mass is 410 g/mol. The summed E-state index contributed by atoms with van der Waals surface area (Å²) in [7, 11) is -0.796. The molecule has 1 aliphatic carbocycles. The first kappa shape index (κ1) is 19.9. The summed E-state index contributed by atoms with van der Waals surface area (Å²) in [5.41, 5.74) is 1.85. The zero-order valence-corrected chi connectivity index (χ0v) is 17.5. The SMILES string of the molecule is O/C(OC/C=C/c1ccccc1)=C1/C=CC=C1P(c1ccccc1)c1ccccc1. The highest BCUT2D eigenvalue weighted by atomic mass is 31.1. The Morgan fingerprint density at radius 3 is 1.97 bits per heavy atom. The Bertz CT molecular complexity index is 1040. The molecule has 0 amide bonds. The largest absolute Gasteiger partial charge is 0.481 e. The minimum Gasteiger partial charge on any atom is -0.481 e. The summed E-state index contributed by atoms with van der Waals surface area (Å²) in [6, 6.07) is 30.9. The van der Waals surface area contributed by atoms with Crippen molar-refractivity contribution in [1.29, 1.82) is 0 Å². The Kier molecular flexibility index (Phi) is 6.59. The lowest BCUT2D eigenvalue weighted by molar-refractivity contribution is 0.110. The molecule has 148 valence electrons. The Morgan fingerprint density at radius 2 is 1.37 bits per heavy atom. The van der Waals surface area contributed by atoms with Crippen molar-refractivity contribution in [3.8, 4) is 0 Å². The second-order valence-corrected chi connectivity index (χ2v) is 8.95. The van der Waals surface area contributed by atoms with Gasteiger partial charge in [-0.15, -0.1) is 0 Å². The molecular formula is C27H23O2P. The molecule has 3 aromatic carbocycles. The molecule has 0 aliphatic heterocycles. The lowest BCUT2D eigenvalue weighted by atomic mass is 10.2. The van der Waals surface area contributed by atoms with E-state index in [0.29, 0.717) is 6.61 Å². The fraction of sp³-hybridized carbons (Fsp3) is 0.0370. The smallest absolute Gasteiger partial charge is 0.285 e. The summed E-state index contributed by atoms with van der Waals surface area (Å²) >= 11 is 0. The van der Waals surface area contributed by atoms with Gasteiger partial charge in [0.1, 0.15) is 6.61 Å². The van der Waals surface area contributed by atoms with Crippen LogP contribution in [0.5, 0.6) is 0 Å². The average Bonchev–Trinajstić information content (AvgIpc) is 3.28. The third kappa shape index (κ3) is 4.79. The lowest BCUT2D eigenvalue weighted by Crippen LogP contribution is -2.13. The Hall–Kier alpha value is -3.35. The van der Waals surface area contributed by atoms with Gasteiger partial charge in [0.2, 0.25) is 0 Å². The van der Waals surface area contributed by atoms with Gasteiger partial charge in [0.05, 0.1) is 5.57 Å². The fourth-order valence-corrected chi connectivity index (χ4v) is 5.76. The predicted molar refractivity (Wildman–Crippen MR) is 127 cm³/mol. The maximum Gasteiger partial charge on any atom is 0.285 e. The number of aliphatic hydroxyl groups is 1. The van der Waals surface area contributed by atoms with Gasteiger partial charge in [0, 0.05) is 0 Å². The molecule has 2 nitrogen and oxygen atoms in total. The number of allylic oxidation sites excluding steroid dienone is 5. The van der Waals surface area contributed by atoms with Gasteiger partial charge in [-0.2, -0.15) is 0 Å². The van der Waals surface area contributed by atoms with E-state index >= 15 is 0 Å². The highest BCUT2D eigenvalue weighted by Crippen LogP contribution is 2.49. The third-order valence-corrected chi connectivity index (χ3v) is 7.22. The summed E-state index contributed by atoms with van der Waals surface area (Å²) in [5.74, 6) is -0.0351. The molecule has 3 heteroatoms. The van der Waals surface area contributed by atoms with Crippen molar-refractivity contribution in [3.05, 3.63) is 138 Å². The molecule has 1 N–H and O–H groups in total. The first-order valence-electron chi connectivity index (χ1n) is 9.89. The molecule has 0 saturated heterocycles. The number of benzene rings is 3. The second-order valence-electron chi connectivity index (χ2n) is 6.76. The molecule has 0 unspecified atom stereocenters. The van der Waals surface area contributed by atoms with E-state index in [9.17, 15) is 5.11 Å². The molecule has 0 spiro atoms. The fourth-order valence-electron chi connectivity index (χ4n) is 3.32. The van der Waals surface area contributed by atoms with Crippen molar-refractivity contribution < 1.29 is 9.84 Å². The normalized spacial score (nSPS) is 14.9. The highest BCUT2D eigenvalue weighted by molar-refractivity contribution is 7.77. The van der Waals surface area contributed by atoms with Crippen LogP contribution in [0, 0.1) is 0 Å². The first-order chi connectivity index (χ1) is 14.8. The standard InChI is InChI=1S/C27H23O2P/c28-27(29-21-11-14-22-12-4-1-5-13-22)25-19-10-20-26(25)30(23-15-6-2-7-16-23)24-17-8-3-9-18-24/h1-20,28H,21H2/b14-11+,27-25+. The average molecular weight is 410 g/mol. The van der Waals surface area contributed by atoms with Crippen LogP contribution in [0.4, 0.5) is 0 Å². The van der Waals surface area contributed by atoms with Crippen molar-refractivity contribution in [3.63, 3.8) is 0 Å². The van der Waals surface area contributed by atoms with Crippen LogP contribution < -0.4 is 10.6 Å². The summed E-state index contributed by atoms with van der Waals surface area (Å²) in [4.78, 5) is 0. The van der Waals surface area contributed by atoms with Crippen LogP contribution >= 0.6 is 7.92 Å².